The Kier molecular flexibility index (Phi) is 6.89. The number of rotatable bonds is 4. The summed E-state index contributed by atoms with van der Waals surface area (Å²) in [4.78, 5) is 23.2. The van der Waals surface area contributed by atoms with Crippen LogP contribution in [0.15, 0.2) is 105 Å². The predicted molar refractivity (Wildman–Crippen MR) is 190 cm³/mol. The first-order valence-corrected chi connectivity index (χ1v) is 18.1. The van der Waals surface area contributed by atoms with Gasteiger partial charge in [-0.05, 0) is 133 Å². The first kappa shape index (κ1) is 28.1. The Morgan fingerprint density at radius 2 is 1.50 bits per heavy atom. The van der Waals surface area contributed by atoms with Crippen LogP contribution in [0.4, 0.5) is 5.82 Å². The molecular formula is C38H35N6S2+. The molecule has 9 rings (SSSR count). The standard InChI is InChI=1S/C38H35N6S2/c1-3-43-33(45-37-35(43)39-29-9-5-7-11-31(29)41-37)19-23-13-15-25-21-26-16-14-24(18-28(26)22-27(25)17-23)20-34-44(4-2)36-38(46-34)42-32-12-8-6-10-30(32)40-36/h5-12,17-20,22,25-26H,3-4,13-16,21H2,1-2H3/q+1. The van der Waals surface area contributed by atoms with Crippen molar-refractivity contribution in [1.82, 2.24) is 19.9 Å². The van der Waals surface area contributed by atoms with E-state index in [1.807, 2.05) is 24.3 Å². The Balaban J connectivity index is 1.03. The van der Waals surface area contributed by atoms with E-state index in [1.54, 1.807) is 23.1 Å². The van der Waals surface area contributed by atoms with Crippen LogP contribution in [-0.4, -0.2) is 26.5 Å². The molecule has 2 atom stereocenters. The van der Waals surface area contributed by atoms with Crippen molar-refractivity contribution < 1.29 is 4.57 Å². The molecule has 5 aromatic rings. The van der Waals surface area contributed by atoms with Crippen LogP contribution in [0.5, 0.6) is 0 Å². The molecule has 0 bridgehead atoms. The zero-order valence-electron chi connectivity index (χ0n) is 26.1. The molecule has 1 aliphatic heterocycles. The lowest BCUT2D eigenvalue weighted by Gasteiger charge is -2.36. The summed E-state index contributed by atoms with van der Waals surface area (Å²) in [6, 6.07) is 16.3. The summed E-state index contributed by atoms with van der Waals surface area (Å²) in [5, 5.41) is 3.48. The van der Waals surface area contributed by atoms with E-state index < -0.39 is 0 Å². The molecule has 0 radical (unpaired) electrons. The summed E-state index contributed by atoms with van der Waals surface area (Å²) in [6.07, 6.45) is 18.2. The van der Waals surface area contributed by atoms with Crippen LogP contribution in [0, 0.1) is 11.8 Å². The number of para-hydroxylation sites is 4. The number of nitrogens with zero attached hydrogens (tertiary/aromatic N) is 6. The minimum absolute atomic E-state index is 0.662. The molecule has 2 unspecified atom stereocenters. The Morgan fingerprint density at radius 3 is 2.26 bits per heavy atom. The molecule has 0 N–H and O–H groups in total. The van der Waals surface area contributed by atoms with Crippen molar-refractivity contribution in [3.63, 3.8) is 0 Å². The van der Waals surface area contributed by atoms with E-state index in [4.69, 9.17) is 19.9 Å². The topological polar surface area (TPSA) is 58.7 Å². The Morgan fingerprint density at radius 1 is 0.804 bits per heavy atom. The minimum atomic E-state index is 0.662. The van der Waals surface area contributed by atoms with E-state index in [2.05, 4.69) is 78.0 Å². The van der Waals surface area contributed by atoms with Crippen LogP contribution >= 0.6 is 23.1 Å². The number of hydrogen-bond acceptors (Lipinski definition) is 7. The number of fused-ring (bicyclic) bond motifs is 6. The highest BCUT2D eigenvalue weighted by molar-refractivity contribution is 8.03. The van der Waals surface area contributed by atoms with Crippen LogP contribution < -0.4 is 9.47 Å². The number of aromatic nitrogens is 5. The molecule has 0 fully saturated rings. The van der Waals surface area contributed by atoms with Gasteiger partial charge in [-0.1, -0.05) is 53.8 Å². The number of thiazole rings is 1. The molecular weight excluding hydrogens is 605 g/mol. The number of anilines is 1. The van der Waals surface area contributed by atoms with Gasteiger partial charge in [-0.15, -0.1) is 0 Å². The lowest BCUT2D eigenvalue weighted by molar-refractivity contribution is -0.667. The summed E-state index contributed by atoms with van der Waals surface area (Å²) in [5.41, 5.74) is 10.6. The molecule has 46 heavy (non-hydrogen) atoms. The van der Waals surface area contributed by atoms with Gasteiger partial charge in [0.1, 0.15) is 10.5 Å². The molecule has 0 saturated heterocycles. The van der Waals surface area contributed by atoms with E-state index in [9.17, 15) is 0 Å². The highest BCUT2D eigenvalue weighted by Crippen LogP contribution is 2.47. The highest BCUT2D eigenvalue weighted by Gasteiger charge is 2.32. The van der Waals surface area contributed by atoms with Crippen molar-refractivity contribution in [2.75, 3.05) is 11.4 Å². The fourth-order valence-electron chi connectivity index (χ4n) is 7.51. The molecule has 6 nitrogen and oxygen atoms in total. The van der Waals surface area contributed by atoms with Gasteiger partial charge in [-0.2, -0.15) is 0 Å². The number of benzene rings is 2. The average Bonchev–Trinajstić information content (AvgIpc) is 3.59. The van der Waals surface area contributed by atoms with Crippen LogP contribution in [-0.2, 0) is 6.54 Å². The smallest absolute Gasteiger partial charge is 0.319 e. The van der Waals surface area contributed by atoms with Crippen LogP contribution in [0.25, 0.3) is 38.6 Å². The number of hydrogen-bond donors (Lipinski definition) is 0. The van der Waals surface area contributed by atoms with Gasteiger partial charge in [0.25, 0.3) is 0 Å². The normalized spacial score (nSPS) is 22.7. The second kappa shape index (κ2) is 11.3. The van der Waals surface area contributed by atoms with Crippen molar-refractivity contribution in [3.8, 4) is 0 Å². The van der Waals surface area contributed by atoms with E-state index in [-0.39, 0.29) is 0 Å². The Labute approximate surface area is 277 Å². The summed E-state index contributed by atoms with van der Waals surface area (Å²) in [6.45, 7) is 6.15. The molecule has 3 aromatic heterocycles. The number of allylic oxidation sites excluding steroid dienone is 8. The van der Waals surface area contributed by atoms with Crippen molar-refractivity contribution >= 4 is 67.5 Å². The van der Waals surface area contributed by atoms with Crippen LogP contribution in [0.3, 0.4) is 0 Å². The largest absolute Gasteiger partial charge is 0.361 e. The van der Waals surface area contributed by atoms with Gasteiger partial charge in [-0.3, -0.25) is 0 Å². The van der Waals surface area contributed by atoms with E-state index >= 15 is 0 Å². The summed E-state index contributed by atoms with van der Waals surface area (Å²) < 4.78 is 2.32. The maximum Gasteiger partial charge on any atom is 0.361 e. The number of thioether (sulfide) groups is 1. The maximum absolute atomic E-state index is 4.99. The van der Waals surface area contributed by atoms with Gasteiger partial charge in [0, 0.05) is 6.54 Å². The molecule has 4 aliphatic rings. The van der Waals surface area contributed by atoms with Gasteiger partial charge in [0.2, 0.25) is 10.3 Å². The third kappa shape index (κ3) is 4.81. The van der Waals surface area contributed by atoms with E-state index in [1.165, 1.54) is 51.6 Å². The fraction of sp³-hybridized carbons (Fsp3) is 0.289. The van der Waals surface area contributed by atoms with Crippen molar-refractivity contribution in [2.24, 2.45) is 11.8 Å². The van der Waals surface area contributed by atoms with Crippen LogP contribution in [0.1, 0.15) is 51.0 Å². The summed E-state index contributed by atoms with van der Waals surface area (Å²) >= 11 is 3.51. The minimum Gasteiger partial charge on any atom is -0.319 e. The SMILES string of the molecule is CCN1C(=CC2=CC3=CC4=CC(=Cc5sc6nc7ccccc7nc6[n+]5CC)CCC4CC3CC2)Sc2nc3ccccc3nc21. The lowest BCUT2D eigenvalue weighted by Crippen LogP contribution is -2.34. The third-order valence-electron chi connectivity index (χ3n) is 9.85. The van der Waals surface area contributed by atoms with Crippen molar-refractivity contribution in [2.45, 2.75) is 57.5 Å². The van der Waals surface area contributed by atoms with E-state index in [0.717, 1.165) is 69.3 Å². The van der Waals surface area contributed by atoms with E-state index in [0.29, 0.717) is 11.8 Å². The zero-order valence-corrected chi connectivity index (χ0v) is 27.7. The molecule has 2 aromatic carbocycles. The Hall–Kier alpha value is -4.14. The lowest BCUT2D eigenvalue weighted by atomic mass is 9.69. The highest BCUT2D eigenvalue weighted by atomic mass is 32.2. The quantitative estimate of drug-likeness (QED) is 0.183. The van der Waals surface area contributed by atoms with Crippen molar-refractivity contribution in [1.29, 1.82) is 0 Å². The van der Waals surface area contributed by atoms with Gasteiger partial charge < -0.3 is 4.90 Å². The fourth-order valence-corrected chi connectivity index (χ4v) is 9.76. The second-order valence-electron chi connectivity index (χ2n) is 12.6. The monoisotopic (exact) mass is 639 g/mol. The van der Waals surface area contributed by atoms with Crippen molar-refractivity contribution in [3.05, 3.63) is 105 Å². The zero-order chi connectivity index (χ0) is 30.8. The summed E-state index contributed by atoms with van der Waals surface area (Å²) in [7, 11) is 0. The maximum atomic E-state index is 4.99. The first-order valence-electron chi connectivity index (χ1n) is 16.5. The van der Waals surface area contributed by atoms with Crippen LogP contribution in [0.2, 0.25) is 0 Å². The average molecular weight is 640 g/mol. The molecule has 228 valence electrons. The molecule has 8 heteroatoms. The molecule has 0 spiro atoms. The summed E-state index contributed by atoms with van der Waals surface area (Å²) in [5.74, 6) is 2.31. The molecule has 0 amide bonds. The Bertz CT molecular complexity index is 2220. The van der Waals surface area contributed by atoms with Gasteiger partial charge in [0.05, 0.1) is 22.6 Å². The van der Waals surface area contributed by atoms with Gasteiger partial charge in [-0.25, -0.2) is 19.5 Å². The number of aryl methyl sites for hydroxylation is 1. The van der Waals surface area contributed by atoms with Gasteiger partial charge >= 0.3 is 5.65 Å². The predicted octanol–water partition coefficient (Wildman–Crippen LogP) is 8.96. The molecule has 0 saturated carbocycles. The first-order chi connectivity index (χ1) is 22.6. The molecule has 3 aliphatic carbocycles. The molecule has 4 heterocycles. The third-order valence-corrected chi connectivity index (χ3v) is 11.9. The second-order valence-corrected chi connectivity index (χ2v) is 14.6. The van der Waals surface area contributed by atoms with Gasteiger partial charge in [0.15, 0.2) is 10.8 Å².